The van der Waals surface area contributed by atoms with Crippen LogP contribution in [0.5, 0.6) is 0 Å². The van der Waals surface area contributed by atoms with Gasteiger partial charge in [0.05, 0.1) is 6.54 Å². The summed E-state index contributed by atoms with van der Waals surface area (Å²) < 4.78 is 0. The molecule has 2 atom stereocenters. The molecule has 1 aliphatic heterocycles. The van der Waals surface area contributed by atoms with E-state index in [1.807, 2.05) is 0 Å². The van der Waals surface area contributed by atoms with Gasteiger partial charge in [0.15, 0.2) is 0 Å². The van der Waals surface area contributed by atoms with Crippen molar-refractivity contribution in [1.82, 2.24) is 10.2 Å². The molecular formula is C20H28N2O. The van der Waals surface area contributed by atoms with E-state index in [2.05, 4.69) is 53.5 Å². The van der Waals surface area contributed by atoms with Crippen LogP contribution >= 0.6 is 0 Å². The standard InChI is InChI=1S/C20H28N2O/c1-16-7-5-6-10-19(16)21-20(23)15-22-13-11-18(12-14-22)17-8-3-2-4-9-17/h2-4,8-9,11,16,19H,5-7,10,12-15H2,1H3,(H,21,23)/t16-,19-/m0/s1. The Labute approximate surface area is 139 Å². The molecule has 0 unspecified atom stereocenters. The first-order chi connectivity index (χ1) is 11.2. The van der Waals surface area contributed by atoms with Gasteiger partial charge in [-0.2, -0.15) is 0 Å². The first-order valence-electron chi connectivity index (χ1n) is 8.98. The van der Waals surface area contributed by atoms with E-state index in [4.69, 9.17) is 0 Å². The molecule has 3 heteroatoms. The second kappa shape index (κ2) is 7.78. The molecular weight excluding hydrogens is 284 g/mol. The molecule has 1 amide bonds. The van der Waals surface area contributed by atoms with Crippen LogP contribution < -0.4 is 5.32 Å². The minimum absolute atomic E-state index is 0.195. The maximum Gasteiger partial charge on any atom is 0.234 e. The first kappa shape index (κ1) is 16.3. The molecule has 1 aromatic carbocycles. The number of rotatable bonds is 4. The molecule has 23 heavy (non-hydrogen) atoms. The lowest BCUT2D eigenvalue weighted by molar-refractivity contribution is -0.123. The smallest absolute Gasteiger partial charge is 0.234 e. The first-order valence-corrected chi connectivity index (χ1v) is 8.98. The minimum atomic E-state index is 0.195. The van der Waals surface area contributed by atoms with E-state index in [0.717, 1.165) is 25.9 Å². The van der Waals surface area contributed by atoms with Gasteiger partial charge < -0.3 is 5.32 Å². The van der Waals surface area contributed by atoms with Crippen molar-refractivity contribution in [1.29, 1.82) is 0 Å². The number of benzene rings is 1. The molecule has 0 spiro atoms. The molecule has 2 aliphatic rings. The molecule has 1 heterocycles. The molecule has 3 rings (SSSR count). The third-order valence-electron chi connectivity index (χ3n) is 5.26. The van der Waals surface area contributed by atoms with Crippen LogP contribution in [-0.2, 0) is 4.79 Å². The number of carbonyl (C=O) groups is 1. The number of hydrogen-bond donors (Lipinski definition) is 1. The normalized spacial score (nSPS) is 25.7. The summed E-state index contributed by atoms with van der Waals surface area (Å²) in [5.74, 6) is 0.818. The molecule has 1 aliphatic carbocycles. The summed E-state index contributed by atoms with van der Waals surface area (Å²) in [6.45, 7) is 4.63. The molecule has 0 radical (unpaired) electrons. The highest BCUT2D eigenvalue weighted by Crippen LogP contribution is 2.24. The summed E-state index contributed by atoms with van der Waals surface area (Å²) in [4.78, 5) is 14.5. The Kier molecular flexibility index (Phi) is 5.50. The molecule has 0 bridgehead atoms. The maximum atomic E-state index is 12.3. The van der Waals surface area contributed by atoms with Gasteiger partial charge in [-0.05, 0) is 36.3 Å². The van der Waals surface area contributed by atoms with Gasteiger partial charge in [0.25, 0.3) is 0 Å². The Balaban J connectivity index is 1.48. The highest BCUT2D eigenvalue weighted by molar-refractivity contribution is 5.78. The predicted octanol–water partition coefficient (Wildman–Crippen LogP) is 3.47. The van der Waals surface area contributed by atoms with Crippen LogP contribution in [0.25, 0.3) is 5.57 Å². The van der Waals surface area contributed by atoms with Crippen molar-refractivity contribution in [2.24, 2.45) is 5.92 Å². The number of carbonyl (C=O) groups excluding carboxylic acids is 1. The van der Waals surface area contributed by atoms with Gasteiger partial charge in [-0.15, -0.1) is 0 Å². The largest absolute Gasteiger partial charge is 0.352 e. The molecule has 3 nitrogen and oxygen atoms in total. The summed E-state index contributed by atoms with van der Waals surface area (Å²) in [6, 6.07) is 10.9. The predicted molar refractivity (Wildman–Crippen MR) is 95.0 cm³/mol. The van der Waals surface area contributed by atoms with Gasteiger partial charge in [0.2, 0.25) is 5.91 Å². The third-order valence-corrected chi connectivity index (χ3v) is 5.26. The van der Waals surface area contributed by atoms with Gasteiger partial charge >= 0.3 is 0 Å². The average Bonchev–Trinajstić information content (AvgIpc) is 2.58. The SMILES string of the molecule is C[C@H]1CCCC[C@@H]1NC(=O)CN1CC=C(c2ccccc2)CC1. The third kappa shape index (κ3) is 4.44. The second-order valence-electron chi connectivity index (χ2n) is 7.02. The summed E-state index contributed by atoms with van der Waals surface area (Å²) in [5.41, 5.74) is 2.72. The summed E-state index contributed by atoms with van der Waals surface area (Å²) in [6.07, 6.45) is 8.25. The van der Waals surface area contributed by atoms with Crippen LogP contribution in [0.3, 0.4) is 0 Å². The Morgan fingerprint density at radius 2 is 2.00 bits per heavy atom. The van der Waals surface area contributed by atoms with E-state index in [9.17, 15) is 4.79 Å². The van der Waals surface area contributed by atoms with Crippen molar-refractivity contribution in [2.45, 2.75) is 45.1 Å². The fraction of sp³-hybridized carbons (Fsp3) is 0.550. The Morgan fingerprint density at radius 3 is 2.70 bits per heavy atom. The molecule has 1 aromatic rings. The zero-order valence-corrected chi connectivity index (χ0v) is 14.1. The maximum absolute atomic E-state index is 12.3. The van der Waals surface area contributed by atoms with Crippen molar-refractivity contribution in [3.8, 4) is 0 Å². The highest BCUT2D eigenvalue weighted by Gasteiger charge is 2.24. The summed E-state index contributed by atoms with van der Waals surface area (Å²) in [5, 5.41) is 3.26. The lowest BCUT2D eigenvalue weighted by Gasteiger charge is -2.31. The van der Waals surface area contributed by atoms with E-state index in [1.165, 1.54) is 30.4 Å². The van der Waals surface area contributed by atoms with E-state index >= 15 is 0 Å². The minimum Gasteiger partial charge on any atom is -0.352 e. The molecule has 1 N–H and O–H groups in total. The molecule has 0 aromatic heterocycles. The summed E-state index contributed by atoms with van der Waals surface area (Å²) in [7, 11) is 0. The van der Waals surface area contributed by atoms with Crippen LogP contribution in [0, 0.1) is 5.92 Å². The van der Waals surface area contributed by atoms with E-state index in [0.29, 0.717) is 18.5 Å². The van der Waals surface area contributed by atoms with E-state index < -0.39 is 0 Å². The molecule has 124 valence electrons. The van der Waals surface area contributed by atoms with Crippen molar-refractivity contribution in [3.63, 3.8) is 0 Å². The fourth-order valence-corrected chi connectivity index (χ4v) is 3.76. The van der Waals surface area contributed by atoms with Crippen molar-refractivity contribution in [3.05, 3.63) is 42.0 Å². The average molecular weight is 312 g/mol. The fourth-order valence-electron chi connectivity index (χ4n) is 3.76. The monoisotopic (exact) mass is 312 g/mol. The Bertz CT molecular complexity index is 552. The van der Waals surface area contributed by atoms with Gasteiger partial charge in [-0.3, -0.25) is 9.69 Å². The second-order valence-corrected chi connectivity index (χ2v) is 7.02. The van der Waals surface area contributed by atoms with Gasteiger partial charge in [-0.25, -0.2) is 0 Å². The number of nitrogens with zero attached hydrogens (tertiary/aromatic N) is 1. The highest BCUT2D eigenvalue weighted by atomic mass is 16.2. The quantitative estimate of drug-likeness (QED) is 0.923. The van der Waals surface area contributed by atoms with Crippen molar-refractivity contribution < 1.29 is 4.79 Å². The Hall–Kier alpha value is -1.61. The van der Waals surface area contributed by atoms with Crippen LogP contribution in [0.4, 0.5) is 0 Å². The van der Waals surface area contributed by atoms with Crippen LogP contribution in [-0.4, -0.2) is 36.5 Å². The number of amides is 1. The van der Waals surface area contributed by atoms with Gasteiger partial charge in [-0.1, -0.05) is 56.2 Å². The molecule has 0 saturated heterocycles. The van der Waals surface area contributed by atoms with Crippen LogP contribution in [0.1, 0.15) is 44.6 Å². The van der Waals surface area contributed by atoms with Crippen molar-refractivity contribution in [2.75, 3.05) is 19.6 Å². The van der Waals surface area contributed by atoms with Gasteiger partial charge in [0.1, 0.15) is 0 Å². The number of nitrogens with one attached hydrogen (secondary N) is 1. The van der Waals surface area contributed by atoms with E-state index in [-0.39, 0.29) is 5.91 Å². The lowest BCUT2D eigenvalue weighted by Crippen LogP contribution is -2.46. The topological polar surface area (TPSA) is 32.3 Å². The zero-order valence-electron chi connectivity index (χ0n) is 14.1. The molecule has 1 saturated carbocycles. The zero-order chi connectivity index (χ0) is 16.1. The molecule has 1 fully saturated rings. The lowest BCUT2D eigenvalue weighted by atomic mass is 9.86. The van der Waals surface area contributed by atoms with Crippen molar-refractivity contribution >= 4 is 11.5 Å². The van der Waals surface area contributed by atoms with Crippen LogP contribution in [0.15, 0.2) is 36.4 Å². The van der Waals surface area contributed by atoms with Gasteiger partial charge in [0, 0.05) is 19.1 Å². The number of hydrogen-bond acceptors (Lipinski definition) is 2. The Morgan fingerprint density at radius 1 is 1.22 bits per heavy atom. The van der Waals surface area contributed by atoms with E-state index in [1.54, 1.807) is 0 Å². The van der Waals surface area contributed by atoms with Crippen LogP contribution in [0.2, 0.25) is 0 Å². The summed E-state index contributed by atoms with van der Waals surface area (Å²) >= 11 is 0.